The van der Waals surface area contributed by atoms with Crippen molar-refractivity contribution in [3.63, 3.8) is 0 Å². The molecule has 0 fully saturated rings. The number of methoxy groups -OCH3 is 1. The summed E-state index contributed by atoms with van der Waals surface area (Å²) in [6, 6.07) is 4.85. The van der Waals surface area contributed by atoms with E-state index in [9.17, 15) is 4.39 Å². The maximum Gasteiger partial charge on any atom is 0.165 e. The predicted octanol–water partition coefficient (Wildman–Crippen LogP) is 3.84. The molecule has 0 spiro atoms. The Bertz CT molecular complexity index is 333. The zero-order chi connectivity index (χ0) is 12.0. The Labute approximate surface area is 109 Å². The summed E-state index contributed by atoms with van der Waals surface area (Å²) in [7, 11) is 1.46. The molecule has 0 aliphatic carbocycles. The Morgan fingerprint density at radius 1 is 1.35 bits per heavy atom. The normalized spacial score (nSPS) is 11.8. The molecule has 0 bridgehead atoms. The van der Waals surface area contributed by atoms with Gasteiger partial charge in [-0.25, -0.2) is 4.39 Å². The molecule has 0 saturated carbocycles. The highest BCUT2D eigenvalue weighted by Gasteiger charge is 2.09. The van der Waals surface area contributed by atoms with E-state index in [1.165, 1.54) is 26.0 Å². The van der Waals surface area contributed by atoms with Crippen LogP contribution in [0.4, 0.5) is 4.39 Å². The van der Waals surface area contributed by atoms with Crippen molar-refractivity contribution >= 4 is 12.4 Å². The molecule has 1 atom stereocenters. The number of rotatable bonds is 6. The van der Waals surface area contributed by atoms with Gasteiger partial charge in [0.1, 0.15) is 0 Å². The highest BCUT2D eigenvalue weighted by molar-refractivity contribution is 5.85. The largest absolute Gasteiger partial charge is 0.494 e. The van der Waals surface area contributed by atoms with Crippen molar-refractivity contribution in [3.8, 4) is 5.75 Å². The van der Waals surface area contributed by atoms with Crippen molar-refractivity contribution in [3.05, 3.63) is 29.6 Å². The minimum absolute atomic E-state index is 0. The first kappa shape index (κ1) is 16.2. The van der Waals surface area contributed by atoms with Crippen LogP contribution in [-0.4, -0.2) is 7.11 Å². The lowest BCUT2D eigenvalue weighted by Crippen LogP contribution is -2.10. The lowest BCUT2D eigenvalue weighted by Gasteiger charge is -2.12. The number of nitrogens with two attached hydrogens (primary N) is 1. The van der Waals surface area contributed by atoms with Gasteiger partial charge in [0.2, 0.25) is 0 Å². The van der Waals surface area contributed by atoms with Crippen molar-refractivity contribution in [2.24, 2.45) is 5.73 Å². The van der Waals surface area contributed by atoms with Crippen LogP contribution < -0.4 is 10.5 Å². The predicted molar refractivity (Wildman–Crippen MR) is 71.3 cm³/mol. The van der Waals surface area contributed by atoms with Gasteiger partial charge in [0.25, 0.3) is 0 Å². The second kappa shape index (κ2) is 8.31. The summed E-state index contributed by atoms with van der Waals surface area (Å²) in [6.07, 6.45) is 4.33. The van der Waals surface area contributed by atoms with E-state index in [-0.39, 0.29) is 30.0 Å². The van der Waals surface area contributed by atoms with Gasteiger partial charge in [-0.3, -0.25) is 0 Å². The van der Waals surface area contributed by atoms with Crippen LogP contribution in [0.25, 0.3) is 0 Å². The van der Waals surface area contributed by atoms with Crippen LogP contribution >= 0.6 is 12.4 Å². The van der Waals surface area contributed by atoms with Gasteiger partial charge in [-0.05, 0) is 24.1 Å². The summed E-state index contributed by atoms with van der Waals surface area (Å²) in [5.41, 5.74) is 6.83. The van der Waals surface area contributed by atoms with Gasteiger partial charge in [-0.15, -0.1) is 12.4 Å². The summed E-state index contributed by atoms with van der Waals surface area (Å²) in [4.78, 5) is 0. The van der Waals surface area contributed by atoms with Crippen LogP contribution in [-0.2, 0) is 0 Å². The number of hydrogen-bond donors (Lipinski definition) is 1. The molecule has 0 heterocycles. The summed E-state index contributed by atoms with van der Waals surface area (Å²) in [5, 5.41) is 0. The zero-order valence-corrected chi connectivity index (χ0v) is 11.2. The standard InChI is InChI=1S/C13H20FNO.ClH/c1-3-4-5-6-12(15)10-7-8-13(16-2)11(14)9-10;/h7-9,12H,3-6,15H2,1-2H3;1H/t12-;/m1./s1. The van der Waals surface area contributed by atoms with E-state index in [0.29, 0.717) is 0 Å². The van der Waals surface area contributed by atoms with Gasteiger partial charge in [0, 0.05) is 6.04 Å². The van der Waals surface area contributed by atoms with E-state index in [2.05, 4.69) is 6.92 Å². The van der Waals surface area contributed by atoms with Crippen LogP contribution in [0.2, 0.25) is 0 Å². The second-order valence-corrected chi connectivity index (χ2v) is 4.00. The molecule has 0 saturated heterocycles. The van der Waals surface area contributed by atoms with Crippen molar-refractivity contribution in [2.45, 2.75) is 38.6 Å². The summed E-state index contributed by atoms with van der Waals surface area (Å²) in [5.74, 6) is -0.0737. The Morgan fingerprint density at radius 2 is 2.06 bits per heavy atom. The molecule has 4 heteroatoms. The second-order valence-electron chi connectivity index (χ2n) is 4.00. The Balaban J connectivity index is 0.00000256. The zero-order valence-electron chi connectivity index (χ0n) is 10.4. The van der Waals surface area contributed by atoms with Crippen LogP contribution in [0.5, 0.6) is 5.75 Å². The fourth-order valence-corrected chi connectivity index (χ4v) is 1.69. The number of unbranched alkanes of at least 4 members (excludes halogenated alkanes) is 2. The number of halogens is 2. The van der Waals surface area contributed by atoms with Gasteiger partial charge in [-0.1, -0.05) is 32.3 Å². The fourth-order valence-electron chi connectivity index (χ4n) is 1.69. The summed E-state index contributed by atoms with van der Waals surface area (Å²) >= 11 is 0. The van der Waals surface area contributed by atoms with Gasteiger partial charge >= 0.3 is 0 Å². The molecule has 1 aromatic rings. The Morgan fingerprint density at radius 3 is 2.59 bits per heavy atom. The highest BCUT2D eigenvalue weighted by Crippen LogP contribution is 2.23. The first-order valence-electron chi connectivity index (χ1n) is 5.78. The SMILES string of the molecule is CCCCC[C@@H](N)c1ccc(OC)c(F)c1.Cl. The van der Waals surface area contributed by atoms with Gasteiger partial charge in [-0.2, -0.15) is 0 Å². The fraction of sp³-hybridized carbons (Fsp3) is 0.538. The average Bonchev–Trinajstić information content (AvgIpc) is 2.29. The molecule has 0 amide bonds. The smallest absolute Gasteiger partial charge is 0.165 e. The molecule has 0 unspecified atom stereocenters. The first-order chi connectivity index (χ1) is 7.69. The van der Waals surface area contributed by atoms with E-state index in [4.69, 9.17) is 10.5 Å². The van der Waals surface area contributed by atoms with E-state index < -0.39 is 0 Å². The average molecular weight is 262 g/mol. The molecule has 98 valence electrons. The minimum Gasteiger partial charge on any atom is -0.494 e. The highest BCUT2D eigenvalue weighted by atomic mass is 35.5. The maximum absolute atomic E-state index is 13.4. The number of hydrogen-bond acceptors (Lipinski definition) is 2. The molecule has 0 aliphatic rings. The lowest BCUT2D eigenvalue weighted by molar-refractivity contribution is 0.385. The molecule has 17 heavy (non-hydrogen) atoms. The molecular formula is C13H21ClFNO. The van der Waals surface area contributed by atoms with Crippen molar-refractivity contribution in [1.82, 2.24) is 0 Å². The van der Waals surface area contributed by atoms with E-state index >= 15 is 0 Å². The molecule has 2 N–H and O–H groups in total. The van der Waals surface area contributed by atoms with Crippen LogP contribution in [0.1, 0.15) is 44.2 Å². The topological polar surface area (TPSA) is 35.2 Å². The molecule has 0 radical (unpaired) electrons. The third-order valence-electron chi connectivity index (χ3n) is 2.72. The first-order valence-corrected chi connectivity index (χ1v) is 5.78. The summed E-state index contributed by atoms with van der Waals surface area (Å²) < 4.78 is 18.3. The Hall–Kier alpha value is -0.800. The molecule has 0 aromatic heterocycles. The molecule has 0 aliphatic heterocycles. The molecule has 1 aromatic carbocycles. The summed E-state index contributed by atoms with van der Waals surface area (Å²) in [6.45, 7) is 2.15. The Kier molecular flexibility index (Phi) is 7.92. The number of ether oxygens (including phenoxy) is 1. The van der Waals surface area contributed by atoms with Gasteiger partial charge in [0.05, 0.1) is 7.11 Å². The quantitative estimate of drug-likeness (QED) is 0.790. The number of benzene rings is 1. The van der Waals surface area contributed by atoms with Crippen LogP contribution in [0.3, 0.4) is 0 Å². The lowest BCUT2D eigenvalue weighted by atomic mass is 10.0. The van der Waals surface area contributed by atoms with Gasteiger partial charge in [0.15, 0.2) is 11.6 Å². The molecule has 2 nitrogen and oxygen atoms in total. The molecular weight excluding hydrogens is 241 g/mol. The maximum atomic E-state index is 13.4. The third kappa shape index (κ3) is 4.92. The monoisotopic (exact) mass is 261 g/mol. The van der Waals surface area contributed by atoms with Crippen LogP contribution in [0.15, 0.2) is 18.2 Å². The van der Waals surface area contributed by atoms with Gasteiger partial charge < -0.3 is 10.5 Å². The van der Waals surface area contributed by atoms with Crippen molar-refractivity contribution < 1.29 is 9.13 Å². The van der Waals surface area contributed by atoms with E-state index in [1.807, 2.05) is 6.07 Å². The van der Waals surface area contributed by atoms with E-state index in [1.54, 1.807) is 6.07 Å². The third-order valence-corrected chi connectivity index (χ3v) is 2.72. The van der Waals surface area contributed by atoms with E-state index in [0.717, 1.165) is 18.4 Å². The van der Waals surface area contributed by atoms with Crippen LogP contribution in [0, 0.1) is 5.82 Å². The molecule has 1 rings (SSSR count). The minimum atomic E-state index is -0.342. The van der Waals surface area contributed by atoms with Crippen molar-refractivity contribution in [2.75, 3.05) is 7.11 Å². The van der Waals surface area contributed by atoms with Crippen molar-refractivity contribution in [1.29, 1.82) is 0 Å².